The minimum Gasteiger partial charge on any atom is -0.274 e. The molecular weight excluding hydrogens is 382 g/mol. The van der Waals surface area contributed by atoms with Crippen LogP contribution in [0.3, 0.4) is 0 Å². The van der Waals surface area contributed by atoms with Crippen LogP contribution in [0.4, 0.5) is 10.8 Å². The molecular formula is C18H17N5O2S2. The molecule has 0 saturated carbocycles. The smallest absolute Gasteiger partial charge is 0.246 e. The molecule has 0 unspecified atom stereocenters. The number of rotatable bonds is 6. The van der Waals surface area contributed by atoms with Crippen molar-refractivity contribution in [3.05, 3.63) is 57.5 Å². The van der Waals surface area contributed by atoms with Gasteiger partial charge in [-0.15, -0.1) is 22.7 Å². The molecule has 0 radical (unpaired) electrons. The number of aromatic nitrogens is 2. The summed E-state index contributed by atoms with van der Waals surface area (Å²) in [5.74, 6) is -0.382. The lowest BCUT2D eigenvalue weighted by Crippen LogP contribution is -2.22. The molecule has 0 aliphatic rings. The number of hydrogen-bond acceptors (Lipinski definition) is 7. The van der Waals surface area contributed by atoms with Crippen molar-refractivity contribution in [2.45, 2.75) is 20.3 Å². The van der Waals surface area contributed by atoms with Gasteiger partial charge in [-0.05, 0) is 19.1 Å². The maximum atomic E-state index is 12.0. The van der Waals surface area contributed by atoms with E-state index < -0.39 is 0 Å². The third-order valence-electron chi connectivity index (χ3n) is 3.42. The Morgan fingerprint density at radius 1 is 1.19 bits per heavy atom. The lowest BCUT2D eigenvalue weighted by Gasteiger charge is -2.17. The highest BCUT2D eigenvalue weighted by molar-refractivity contribution is 7.14. The monoisotopic (exact) mass is 399 g/mol. The lowest BCUT2D eigenvalue weighted by atomic mass is 10.3. The van der Waals surface area contributed by atoms with Crippen molar-refractivity contribution >= 4 is 51.5 Å². The van der Waals surface area contributed by atoms with E-state index in [9.17, 15) is 9.59 Å². The van der Waals surface area contributed by atoms with Crippen LogP contribution in [0, 0.1) is 6.92 Å². The van der Waals surface area contributed by atoms with E-state index in [1.807, 2.05) is 42.6 Å². The van der Waals surface area contributed by atoms with Crippen LogP contribution in [-0.4, -0.2) is 28.0 Å². The van der Waals surface area contributed by atoms with Crippen LogP contribution in [0.5, 0.6) is 0 Å². The van der Waals surface area contributed by atoms with E-state index >= 15 is 0 Å². The van der Waals surface area contributed by atoms with Crippen LogP contribution in [-0.2, 0) is 16.0 Å². The number of anilines is 2. The quantitative estimate of drug-likeness (QED) is 0.509. The van der Waals surface area contributed by atoms with Crippen molar-refractivity contribution in [3.63, 3.8) is 0 Å². The summed E-state index contributed by atoms with van der Waals surface area (Å²) in [7, 11) is 0. The molecule has 0 bridgehead atoms. The molecule has 2 heterocycles. The second-order valence-corrected chi connectivity index (χ2v) is 7.47. The SMILES string of the molecule is CC(=O)N(c1ccccc1)c1nc(/C=N\NC(=O)Cc2csc(C)n2)cs1. The number of nitrogens with one attached hydrogen (secondary N) is 1. The van der Waals surface area contributed by atoms with Gasteiger partial charge in [0.15, 0.2) is 5.13 Å². The van der Waals surface area contributed by atoms with Gasteiger partial charge in [0.05, 0.1) is 34.7 Å². The van der Waals surface area contributed by atoms with Gasteiger partial charge in [-0.2, -0.15) is 5.10 Å². The van der Waals surface area contributed by atoms with Crippen LogP contribution in [0.2, 0.25) is 0 Å². The van der Waals surface area contributed by atoms with Gasteiger partial charge in [-0.1, -0.05) is 18.2 Å². The number of para-hydroxylation sites is 1. The number of aryl methyl sites for hydroxylation is 1. The second kappa shape index (κ2) is 8.65. The Morgan fingerprint density at radius 2 is 1.96 bits per heavy atom. The zero-order valence-corrected chi connectivity index (χ0v) is 16.4. The average molecular weight is 400 g/mol. The molecule has 7 nitrogen and oxygen atoms in total. The Morgan fingerprint density at radius 3 is 2.63 bits per heavy atom. The summed E-state index contributed by atoms with van der Waals surface area (Å²) in [6, 6.07) is 9.30. The highest BCUT2D eigenvalue weighted by Gasteiger charge is 2.17. The molecule has 138 valence electrons. The molecule has 0 aliphatic carbocycles. The zero-order chi connectivity index (χ0) is 19.2. The van der Waals surface area contributed by atoms with E-state index in [0.29, 0.717) is 10.8 Å². The summed E-state index contributed by atoms with van der Waals surface area (Å²) in [6.07, 6.45) is 1.63. The first-order chi connectivity index (χ1) is 13.0. The van der Waals surface area contributed by atoms with Gasteiger partial charge >= 0.3 is 0 Å². The van der Waals surface area contributed by atoms with Gasteiger partial charge < -0.3 is 0 Å². The topological polar surface area (TPSA) is 87.5 Å². The number of thiazole rings is 2. The maximum Gasteiger partial charge on any atom is 0.246 e. The summed E-state index contributed by atoms with van der Waals surface area (Å²) in [5.41, 5.74) is 4.49. The van der Waals surface area contributed by atoms with E-state index in [-0.39, 0.29) is 18.2 Å². The number of nitrogens with zero attached hydrogens (tertiary/aromatic N) is 4. The molecule has 3 rings (SSSR count). The minimum atomic E-state index is -0.248. The van der Waals surface area contributed by atoms with Gasteiger partial charge in [-0.25, -0.2) is 15.4 Å². The average Bonchev–Trinajstić information content (AvgIpc) is 3.25. The van der Waals surface area contributed by atoms with E-state index in [4.69, 9.17) is 0 Å². The molecule has 1 N–H and O–H groups in total. The summed E-state index contributed by atoms with van der Waals surface area (Å²) in [4.78, 5) is 34.1. The van der Waals surface area contributed by atoms with Crippen LogP contribution < -0.4 is 10.3 Å². The number of carbonyl (C=O) groups is 2. The maximum absolute atomic E-state index is 12.0. The standard InChI is InChI=1S/C18H17N5O2S2/c1-12-20-14(10-26-12)8-17(25)22-19-9-15-11-27-18(21-15)23(13(2)24)16-6-4-3-5-7-16/h3-7,9-11H,8H2,1-2H3,(H,22,25)/b19-9-. The Balaban J connectivity index is 1.63. The summed E-state index contributed by atoms with van der Waals surface area (Å²) in [6.45, 7) is 3.38. The molecule has 0 saturated heterocycles. The molecule has 3 aromatic rings. The summed E-state index contributed by atoms with van der Waals surface area (Å²) in [5, 5.41) is 9.01. The number of amides is 2. The van der Waals surface area contributed by atoms with Crippen LogP contribution in [0.25, 0.3) is 0 Å². The first-order valence-corrected chi connectivity index (χ1v) is 9.83. The highest BCUT2D eigenvalue weighted by atomic mass is 32.1. The van der Waals surface area contributed by atoms with Gasteiger partial charge in [0.1, 0.15) is 0 Å². The molecule has 2 aromatic heterocycles. The fourth-order valence-electron chi connectivity index (χ4n) is 2.31. The number of hydrogen-bond donors (Lipinski definition) is 1. The fourth-order valence-corrected chi connectivity index (χ4v) is 3.76. The fraction of sp³-hybridized carbons (Fsp3) is 0.167. The van der Waals surface area contributed by atoms with E-state index in [0.717, 1.165) is 16.4 Å². The Labute approximate surface area is 164 Å². The molecule has 2 amide bonds. The van der Waals surface area contributed by atoms with E-state index in [1.165, 1.54) is 40.7 Å². The van der Waals surface area contributed by atoms with Gasteiger partial charge in [0.2, 0.25) is 11.8 Å². The largest absolute Gasteiger partial charge is 0.274 e. The van der Waals surface area contributed by atoms with Crippen molar-refractivity contribution in [2.24, 2.45) is 5.10 Å². The van der Waals surface area contributed by atoms with Crippen LogP contribution in [0.15, 0.2) is 46.2 Å². The zero-order valence-electron chi connectivity index (χ0n) is 14.7. The van der Waals surface area contributed by atoms with Crippen molar-refractivity contribution < 1.29 is 9.59 Å². The van der Waals surface area contributed by atoms with Crippen molar-refractivity contribution in [1.82, 2.24) is 15.4 Å². The number of carbonyl (C=O) groups excluding carboxylic acids is 2. The molecule has 0 fully saturated rings. The van der Waals surface area contributed by atoms with Crippen molar-refractivity contribution in [3.8, 4) is 0 Å². The van der Waals surface area contributed by atoms with Gasteiger partial charge in [-0.3, -0.25) is 14.5 Å². The lowest BCUT2D eigenvalue weighted by molar-refractivity contribution is -0.120. The summed E-state index contributed by atoms with van der Waals surface area (Å²) < 4.78 is 0. The van der Waals surface area contributed by atoms with Crippen molar-refractivity contribution in [2.75, 3.05) is 4.90 Å². The summed E-state index contributed by atoms with van der Waals surface area (Å²) >= 11 is 2.83. The Bertz CT molecular complexity index is 965. The minimum absolute atomic E-state index is 0.133. The van der Waals surface area contributed by atoms with Crippen LogP contribution in [0.1, 0.15) is 23.3 Å². The van der Waals surface area contributed by atoms with Gasteiger partial charge in [0.25, 0.3) is 0 Å². The Kier molecular flexibility index (Phi) is 6.05. The Hall–Kier alpha value is -2.91. The van der Waals surface area contributed by atoms with E-state index in [1.54, 1.807) is 5.38 Å². The van der Waals surface area contributed by atoms with E-state index in [2.05, 4.69) is 20.5 Å². The molecule has 0 atom stereocenters. The third kappa shape index (κ3) is 5.05. The molecule has 0 spiro atoms. The third-order valence-corrected chi connectivity index (χ3v) is 5.09. The first-order valence-electron chi connectivity index (χ1n) is 8.07. The molecule has 0 aliphatic heterocycles. The van der Waals surface area contributed by atoms with Crippen molar-refractivity contribution in [1.29, 1.82) is 0 Å². The predicted molar refractivity (Wildman–Crippen MR) is 108 cm³/mol. The number of benzene rings is 1. The normalized spacial score (nSPS) is 10.9. The second-order valence-electron chi connectivity index (χ2n) is 5.57. The van der Waals surface area contributed by atoms with Crippen LogP contribution >= 0.6 is 22.7 Å². The predicted octanol–water partition coefficient (Wildman–Crippen LogP) is 3.29. The first kappa shape index (κ1) is 18.9. The highest BCUT2D eigenvalue weighted by Crippen LogP contribution is 2.28. The number of hydrazone groups is 1. The molecule has 9 heteroatoms. The van der Waals surface area contributed by atoms with Gasteiger partial charge in [0, 0.05) is 17.7 Å². The molecule has 1 aromatic carbocycles. The molecule has 27 heavy (non-hydrogen) atoms.